The van der Waals surface area contributed by atoms with Gasteiger partial charge in [-0.25, -0.2) is 0 Å². The summed E-state index contributed by atoms with van der Waals surface area (Å²) in [6.07, 6.45) is 1.81. The largest absolute Gasteiger partial charge is 0.508 e. The number of carbonyl (C=O) groups is 1. The summed E-state index contributed by atoms with van der Waals surface area (Å²) in [6, 6.07) is 16.1. The fourth-order valence-corrected chi connectivity index (χ4v) is 5.27. The van der Waals surface area contributed by atoms with Crippen LogP contribution in [-0.4, -0.2) is 29.5 Å². The molecule has 2 aliphatic rings. The number of aromatic hydroxyl groups is 1. The summed E-state index contributed by atoms with van der Waals surface area (Å²) in [4.78, 5) is 17.1. The Morgan fingerprint density at radius 3 is 2.31 bits per heavy atom. The predicted octanol–water partition coefficient (Wildman–Crippen LogP) is 6.52. The molecule has 0 spiro atoms. The zero-order valence-electron chi connectivity index (χ0n) is 19.8. The monoisotopic (exact) mass is 492 g/mol. The Balaban J connectivity index is 1.57. The highest BCUT2D eigenvalue weighted by Crippen LogP contribution is 2.41. The Bertz CT molecular complexity index is 1270. The molecule has 2 aromatic carbocycles. The lowest BCUT2D eigenvalue weighted by Gasteiger charge is -2.31. The number of aryl methyl sites for hydroxylation is 1. The summed E-state index contributed by atoms with van der Waals surface area (Å²) in [6.45, 7) is 1.66. The molecule has 3 aromatic rings. The summed E-state index contributed by atoms with van der Waals surface area (Å²) in [5.74, 6) is 0.325. The van der Waals surface area contributed by atoms with E-state index < -0.39 is 11.9 Å². The number of fused-ring (bicyclic) bond motifs is 1. The van der Waals surface area contributed by atoms with Gasteiger partial charge in [0.1, 0.15) is 17.7 Å². The third-order valence-electron chi connectivity index (χ3n) is 7.19. The molecule has 1 fully saturated rings. The second-order valence-corrected chi connectivity index (χ2v) is 9.49. The Kier molecular flexibility index (Phi) is 6.56. The number of pyridine rings is 1. The van der Waals surface area contributed by atoms with Crippen LogP contribution in [0.25, 0.3) is 11.1 Å². The first-order valence-electron chi connectivity index (χ1n) is 12.2. The lowest BCUT2D eigenvalue weighted by molar-refractivity contribution is -0.141. The van der Waals surface area contributed by atoms with Crippen molar-refractivity contribution >= 4 is 23.1 Å². The van der Waals surface area contributed by atoms with Crippen molar-refractivity contribution in [2.45, 2.75) is 38.3 Å². The average molecular weight is 493 g/mol. The number of phenols is 1. The fourth-order valence-electron chi connectivity index (χ4n) is 5.27. The molecule has 2 heterocycles. The first kappa shape index (κ1) is 24.1. The average Bonchev–Trinajstić information content (AvgIpc) is 3.07. The normalized spacial score (nSPS) is 17.0. The molecule has 0 atom stereocenters. The van der Waals surface area contributed by atoms with Crippen LogP contribution in [0, 0.1) is 5.92 Å². The van der Waals surface area contributed by atoms with Gasteiger partial charge in [0.15, 0.2) is 0 Å². The molecule has 0 radical (unpaired) electrons. The number of aromatic nitrogens is 1. The summed E-state index contributed by atoms with van der Waals surface area (Å²) >= 11 is 0. The van der Waals surface area contributed by atoms with Crippen molar-refractivity contribution in [2.24, 2.45) is 5.92 Å². The lowest BCUT2D eigenvalue weighted by Crippen LogP contribution is -2.34. The lowest BCUT2D eigenvalue weighted by atomic mass is 9.88. The molecule has 36 heavy (non-hydrogen) atoms. The van der Waals surface area contributed by atoms with Crippen LogP contribution < -0.4 is 4.90 Å². The second kappa shape index (κ2) is 9.80. The molecule has 4 nitrogen and oxygen atoms in total. The minimum atomic E-state index is -4.49. The summed E-state index contributed by atoms with van der Waals surface area (Å²) in [5, 5.41) is 10.1. The molecule has 186 valence electrons. The molecule has 7 heteroatoms. The van der Waals surface area contributed by atoms with Gasteiger partial charge in [-0.15, -0.1) is 0 Å². The third kappa shape index (κ3) is 4.87. The van der Waals surface area contributed by atoms with Gasteiger partial charge in [0, 0.05) is 30.9 Å². The zero-order valence-corrected chi connectivity index (χ0v) is 19.8. The molecule has 1 N–H and O–H groups in total. The summed E-state index contributed by atoms with van der Waals surface area (Å²) in [7, 11) is 0. The first-order chi connectivity index (χ1) is 17.3. The second-order valence-electron chi connectivity index (χ2n) is 9.49. The van der Waals surface area contributed by atoms with Gasteiger partial charge in [0.25, 0.3) is 0 Å². The van der Waals surface area contributed by atoms with Crippen molar-refractivity contribution in [1.82, 2.24) is 4.98 Å². The number of carbonyl (C=O) groups excluding carboxylic acids is 1. The van der Waals surface area contributed by atoms with Crippen molar-refractivity contribution in [1.29, 1.82) is 0 Å². The number of hydrogen-bond acceptors (Lipinski definition) is 4. The molecule has 0 unspecified atom stereocenters. The maximum atomic E-state index is 13.1. The van der Waals surface area contributed by atoms with E-state index in [0.717, 1.165) is 84.6 Å². The smallest absolute Gasteiger partial charge is 0.433 e. The van der Waals surface area contributed by atoms with Crippen molar-refractivity contribution in [3.05, 3.63) is 88.7 Å². The minimum absolute atomic E-state index is 0.129. The number of piperidine rings is 1. The number of hydrogen-bond donors (Lipinski definition) is 1. The van der Waals surface area contributed by atoms with E-state index in [0.29, 0.717) is 12.0 Å². The van der Waals surface area contributed by atoms with E-state index in [1.807, 2.05) is 6.07 Å². The highest BCUT2D eigenvalue weighted by molar-refractivity contribution is 6.00. The van der Waals surface area contributed by atoms with E-state index in [2.05, 4.69) is 34.1 Å². The maximum Gasteiger partial charge on any atom is 0.433 e. The van der Waals surface area contributed by atoms with Crippen molar-refractivity contribution in [3.63, 3.8) is 0 Å². The standard InChI is InChI=1S/C29H27F3N2O2/c30-29(31,32)27-11-6-22(17-33-27)25-3-1-2-21-16-24(36)9-10-26(21)28(25)20-4-7-23(8-5-20)34-14-12-19(18-35)13-15-34/h4-11,16-19,36H,1-3,12-15H2. The van der Waals surface area contributed by atoms with Crippen LogP contribution in [0.5, 0.6) is 5.75 Å². The number of alkyl halides is 3. The molecule has 1 aliphatic heterocycles. The van der Waals surface area contributed by atoms with E-state index in [4.69, 9.17) is 0 Å². The number of rotatable bonds is 4. The van der Waals surface area contributed by atoms with Gasteiger partial charge in [-0.1, -0.05) is 24.3 Å². The number of benzene rings is 2. The van der Waals surface area contributed by atoms with Crippen molar-refractivity contribution in [3.8, 4) is 5.75 Å². The number of allylic oxidation sites excluding steroid dienone is 1. The molecule has 0 bridgehead atoms. The van der Waals surface area contributed by atoms with Gasteiger partial charge in [0.05, 0.1) is 0 Å². The quantitative estimate of drug-likeness (QED) is 0.422. The van der Waals surface area contributed by atoms with Crippen LogP contribution in [0.2, 0.25) is 0 Å². The minimum Gasteiger partial charge on any atom is -0.508 e. The number of halogens is 3. The first-order valence-corrected chi connectivity index (χ1v) is 12.2. The molecule has 0 saturated carbocycles. The zero-order chi connectivity index (χ0) is 25.3. The molecule has 1 aromatic heterocycles. The molecule has 0 amide bonds. The number of nitrogens with zero attached hydrogens (tertiary/aromatic N) is 2. The van der Waals surface area contributed by atoms with E-state index in [1.165, 1.54) is 12.3 Å². The Morgan fingerprint density at radius 2 is 1.67 bits per heavy atom. The van der Waals surface area contributed by atoms with Crippen LogP contribution in [0.3, 0.4) is 0 Å². The highest BCUT2D eigenvalue weighted by Gasteiger charge is 2.32. The summed E-state index contributed by atoms with van der Waals surface area (Å²) < 4.78 is 39.4. The van der Waals surface area contributed by atoms with Crippen LogP contribution in [0.1, 0.15) is 53.6 Å². The Hall–Kier alpha value is -3.61. The van der Waals surface area contributed by atoms with E-state index >= 15 is 0 Å². The molecule has 1 aliphatic carbocycles. The van der Waals surface area contributed by atoms with Crippen LogP contribution in [0.4, 0.5) is 18.9 Å². The number of aldehydes is 1. The van der Waals surface area contributed by atoms with Gasteiger partial charge in [0.2, 0.25) is 0 Å². The molecular weight excluding hydrogens is 465 g/mol. The predicted molar refractivity (Wildman–Crippen MR) is 134 cm³/mol. The van der Waals surface area contributed by atoms with Crippen LogP contribution in [0.15, 0.2) is 60.8 Å². The van der Waals surface area contributed by atoms with Crippen LogP contribution >= 0.6 is 0 Å². The van der Waals surface area contributed by atoms with Gasteiger partial charge < -0.3 is 14.8 Å². The van der Waals surface area contributed by atoms with Gasteiger partial charge in [-0.3, -0.25) is 4.98 Å². The van der Waals surface area contributed by atoms with Gasteiger partial charge in [-0.05, 0) is 95.8 Å². The topological polar surface area (TPSA) is 53.4 Å². The fraction of sp³-hybridized carbons (Fsp3) is 0.310. The van der Waals surface area contributed by atoms with Gasteiger partial charge in [-0.2, -0.15) is 13.2 Å². The van der Waals surface area contributed by atoms with E-state index in [-0.39, 0.29) is 11.7 Å². The Morgan fingerprint density at radius 1 is 0.944 bits per heavy atom. The number of anilines is 1. The van der Waals surface area contributed by atoms with Crippen molar-refractivity contribution < 1.29 is 23.1 Å². The molecule has 1 saturated heterocycles. The molecule has 5 rings (SSSR count). The third-order valence-corrected chi connectivity index (χ3v) is 7.19. The Labute approximate surface area is 208 Å². The van der Waals surface area contributed by atoms with E-state index in [1.54, 1.807) is 12.1 Å². The van der Waals surface area contributed by atoms with Crippen LogP contribution in [-0.2, 0) is 17.4 Å². The molecular formula is C29H27F3N2O2. The van der Waals surface area contributed by atoms with Crippen molar-refractivity contribution in [2.75, 3.05) is 18.0 Å². The SMILES string of the molecule is O=CC1CCN(c2ccc(C3=C(c4ccc(C(F)(F)F)nc4)CCCc4cc(O)ccc43)cc2)CC1. The highest BCUT2D eigenvalue weighted by atomic mass is 19.4. The summed E-state index contributed by atoms with van der Waals surface area (Å²) in [5.41, 5.74) is 5.69. The maximum absolute atomic E-state index is 13.1. The van der Waals surface area contributed by atoms with E-state index in [9.17, 15) is 23.1 Å². The number of phenolic OH excluding ortho intramolecular Hbond substituents is 1. The van der Waals surface area contributed by atoms with Gasteiger partial charge >= 0.3 is 6.18 Å².